The standard InChI is InChI=1S/C9H11N3S/c1-2-4-12-9(13)7-8-10-5-3-6-11-8/h2-3,5-6H,1,4,7H2,(H,12,13). The van der Waals surface area contributed by atoms with E-state index in [2.05, 4.69) is 21.9 Å². The fourth-order valence-electron chi connectivity index (χ4n) is 0.813. The fourth-order valence-corrected chi connectivity index (χ4v) is 1.03. The zero-order valence-electron chi connectivity index (χ0n) is 7.23. The van der Waals surface area contributed by atoms with Crippen LogP contribution in [-0.2, 0) is 6.42 Å². The molecule has 0 saturated heterocycles. The maximum atomic E-state index is 5.06. The van der Waals surface area contributed by atoms with Crippen molar-refractivity contribution in [3.8, 4) is 0 Å². The van der Waals surface area contributed by atoms with Gasteiger partial charge in [0, 0.05) is 18.9 Å². The molecule has 0 aliphatic rings. The van der Waals surface area contributed by atoms with Gasteiger partial charge in [0.15, 0.2) is 0 Å². The van der Waals surface area contributed by atoms with Gasteiger partial charge in [-0.2, -0.15) is 0 Å². The molecule has 0 atom stereocenters. The van der Waals surface area contributed by atoms with Gasteiger partial charge in [0.2, 0.25) is 0 Å². The van der Waals surface area contributed by atoms with Crippen molar-refractivity contribution in [2.24, 2.45) is 0 Å². The summed E-state index contributed by atoms with van der Waals surface area (Å²) in [5.41, 5.74) is 0. The highest BCUT2D eigenvalue weighted by molar-refractivity contribution is 7.80. The zero-order chi connectivity index (χ0) is 9.52. The lowest BCUT2D eigenvalue weighted by molar-refractivity contribution is 0.966. The topological polar surface area (TPSA) is 37.8 Å². The molecule has 3 nitrogen and oxygen atoms in total. The van der Waals surface area contributed by atoms with Crippen molar-refractivity contribution in [1.82, 2.24) is 15.3 Å². The summed E-state index contributed by atoms with van der Waals surface area (Å²) in [6.07, 6.45) is 5.76. The molecule has 0 saturated carbocycles. The van der Waals surface area contributed by atoms with Crippen LogP contribution in [0.15, 0.2) is 31.1 Å². The Bertz CT molecular complexity index is 284. The Labute approximate surface area is 82.9 Å². The van der Waals surface area contributed by atoms with Crippen LogP contribution >= 0.6 is 12.2 Å². The van der Waals surface area contributed by atoms with Crippen molar-refractivity contribution in [2.75, 3.05) is 6.54 Å². The van der Waals surface area contributed by atoms with Crippen molar-refractivity contribution in [3.63, 3.8) is 0 Å². The van der Waals surface area contributed by atoms with E-state index in [4.69, 9.17) is 12.2 Å². The molecule has 0 aliphatic heterocycles. The minimum Gasteiger partial charge on any atom is -0.376 e. The maximum absolute atomic E-state index is 5.06. The summed E-state index contributed by atoms with van der Waals surface area (Å²) in [7, 11) is 0. The van der Waals surface area contributed by atoms with Crippen LogP contribution in [0.4, 0.5) is 0 Å². The molecule has 1 aromatic rings. The molecule has 1 aromatic heterocycles. The quantitative estimate of drug-likeness (QED) is 0.574. The molecule has 0 aromatic carbocycles. The third-order valence-electron chi connectivity index (χ3n) is 1.38. The average Bonchev–Trinajstić information content (AvgIpc) is 2.16. The van der Waals surface area contributed by atoms with Crippen LogP contribution in [0.3, 0.4) is 0 Å². The van der Waals surface area contributed by atoms with Crippen molar-refractivity contribution in [3.05, 3.63) is 36.9 Å². The van der Waals surface area contributed by atoms with Gasteiger partial charge in [0.1, 0.15) is 5.82 Å². The Balaban J connectivity index is 2.41. The van der Waals surface area contributed by atoms with E-state index in [0.717, 1.165) is 10.8 Å². The van der Waals surface area contributed by atoms with Crippen LogP contribution in [0.2, 0.25) is 0 Å². The van der Waals surface area contributed by atoms with Crippen molar-refractivity contribution >= 4 is 17.2 Å². The molecule has 0 bridgehead atoms. The number of nitrogens with one attached hydrogen (secondary N) is 1. The summed E-state index contributed by atoms with van der Waals surface area (Å²) < 4.78 is 0. The van der Waals surface area contributed by atoms with Gasteiger partial charge in [-0.05, 0) is 6.07 Å². The molecule has 1 heterocycles. The second kappa shape index (κ2) is 5.37. The van der Waals surface area contributed by atoms with Gasteiger partial charge >= 0.3 is 0 Å². The van der Waals surface area contributed by atoms with Crippen LogP contribution < -0.4 is 5.32 Å². The summed E-state index contributed by atoms with van der Waals surface area (Å²) in [6, 6.07) is 1.78. The van der Waals surface area contributed by atoms with E-state index >= 15 is 0 Å². The highest BCUT2D eigenvalue weighted by Crippen LogP contribution is 1.90. The second-order valence-electron chi connectivity index (χ2n) is 2.43. The van der Waals surface area contributed by atoms with E-state index in [9.17, 15) is 0 Å². The Morgan fingerprint density at radius 2 is 2.23 bits per heavy atom. The van der Waals surface area contributed by atoms with Gasteiger partial charge in [-0.1, -0.05) is 18.3 Å². The summed E-state index contributed by atoms with van der Waals surface area (Å²) >= 11 is 5.06. The molecular weight excluding hydrogens is 182 g/mol. The van der Waals surface area contributed by atoms with Crippen LogP contribution in [-0.4, -0.2) is 21.5 Å². The highest BCUT2D eigenvalue weighted by Gasteiger charge is 1.98. The third kappa shape index (κ3) is 3.75. The first kappa shape index (κ1) is 9.80. The number of hydrogen-bond donors (Lipinski definition) is 1. The molecule has 1 rings (SSSR count). The van der Waals surface area contributed by atoms with Crippen LogP contribution in [0, 0.1) is 0 Å². The Hall–Kier alpha value is -1.29. The number of thiocarbonyl (C=S) groups is 1. The number of hydrogen-bond acceptors (Lipinski definition) is 3. The smallest absolute Gasteiger partial charge is 0.134 e. The monoisotopic (exact) mass is 193 g/mol. The van der Waals surface area contributed by atoms with E-state index in [-0.39, 0.29) is 0 Å². The molecule has 4 heteroatoms. The first-order valence-corrected chi connectivity index (χ1v) is 4.37. The zero-order valence-corrected chi connectivity index (χ0v) is 8.05. The second-order valence-corrected chi connectivity index (χ2v) is 2.93. The summed E-state index contributed by atoms with van der Waals surface area (Å²) in [4.78, 5) is 8.87. The van der Waals surface area contributed by atoms with Gasteiger partial charge in [-0.15, -0.1) is 6.58 Å². The SMILES string of the molecule is C=CCNC(=S)Cc1ncccn1. The van der Waals surface area contributed by atoms with Crippen molar-refractivity contribution in [1.29, 1.82) is 0 Å². The Kier molecular flexibility index (Phi) is 4.05. The fraction of sp³-hybridized carbons (Fsp3) is 0.222. The molecule has 0 radical (unpaired) electrons. The molecule has 0 unspecified atom stereocenters. The largest absolute Gasteiger partial charge is 0.376 e. The third-order valence-corrected chi connectivity index (χ3v) is 1.67. The highest BCUT2D eigenvalue weighted by atomic mass is 32.1. The normalized spacial score (nSPS) is 9.23. The van der Waals surface area contributed by atoms with Gasteiger partial charge in [0.05, 0.1) is 11.4 Å². The Morgan fingerprint density at radius 3 is 2.85 bits per heavy atom. The molecule has 0 fully saturated rings. The molecule has 0 amide bonds. The average molecular weight is 193 g/mol. The van der Waals surface area contributed by atoms with Crippen LogP contribution in [0.1, 0.15) is 5.82 Å². The summed E-state index contributed by atoms with van der Waals surface area (Å²) in [5, 5.41) is 3.01. The van der Waals surface area contributed by atoms with Gasteiger partial charge in [0.25, 0.3) is 0 Å². The summed E-state index contributed by atoms with van der Waals surface area (Å²) in [5.74, 6) is 0.740. The van der Waals surface area contributed by atoms with Crippen molar-refractivity contribution < 1.29 is 0 Å². The van der Waals surface area contributed by atoms with Crippen LogP contribution in [0.25, 0.3) is 0 Å². The minimum absolute atomic E-state index is 0.587. The lowest BCUT2D eigenvalue weighted by Crippen LogP contribution is -2.23. The minimum atomic E-state index is 0.587. The maximum Gasteiger partial charge on any atom is 0.134 e. The number of aromatic nitrogens is 2. The van der Waals surface area contributed by atoms with Gasteiger partial charge < -0.3 is 5.32 Å². The van der Waals surface area contributed by atoms with E-state index in [0.29, 0.717) is 13.0 Å². The lowest BCUT2D eigenvalue weighted by atomic mass is 10.4. The molecule has 1 N–H and O–H groups in total. The van der Waals surface area contributed by atoms with E-state index in [1.807, 2.05) is 0 Å². The Morgan fingerprint density at radius 1 is 1.54 bits per heavy atom. The van der Waals surface area contributed by atoms with Gasteiger partial charge in [-0.3, -0.25) is 0 Å². The molecule has 68 valence electrons. The van der Waals surface area contributed by atoms with E-state index < -0.39 is 0 Å². The van der Waals surface area contributed by atoms with Gasteiger partial charge in [-0.25, -0.2) is 9.97 Å². The predicted octanol–water partition coefficient (Wildman–Crippen LogP) is 1.12. The molecule has 13 heavy (non-hydrogen) atoms. The molecule has 0 spiro atoms. The number of rotatable bonds is 4. The van der Waals surface area contributed by atoms with Crippen molar-refractivity contribution in [2.45, 2.75) is 6.42 Å². The summed E-state index contributed by atoms with van der Waals surface area (Å²) in [6.45, 7) is 4.27. The number of nitrogens with zero attached hydrogens (tertiary/aromatic N) is 2. The first-order chi connectivity index (χ1) is 6.33. The van der Waals surface area contributed by atoms with Crippen LogP contribution in [0.5, 0.6) is 0 Å². The first-order valence-electron chi connectivity index (χ1n) is 3.96. The molecular formula is C9H11N3S. The predicted molar refractivity (Wildman–Crippen MR) is 56.5 cm³/mol. The lowest BCUT2D eigenvalue weighted by Gasteiger charge is -2.03. The van der Waals surface area contributed by atoms with E-state index in [1.165, 1.54) is 0 Å². The molecule has 0 aliphatic carbocycles. The van der Waals surface area contributed by atoms with E-state index in [1.54, 1.807) is 24.5 Å².